The van der Waals surface area contributed by atoms with E-state index in [1.54, 1.807) is 18.2 Å². The van der Waals surface area contributed by atoms with E-state index in [1.165, 1.54) is 9.87 Å². The monoisotopic (exact) mass is 509 g/mol. The molecule has 178 valence electrons. The van der Waals surface area contributed by atoms with Gasteiger partial charge in [-0.15, -0.1) is 0 Å². The fourth-order valence-electron chi connectivity index (χ4n) is 4.55. The first-order chi connectivity index (χ1) is 15.8. The maximum absolute atomic E-state index is 13.1. The molecule has 6 nitrogen and oxygen atoms in total. The number of benzene rings is 2. The van der Waals surface area contributed by atoms with Crippen molar-refractivity contribution in [2.45, 2.75) is 25.1 Å². The third-order valence-corrected chi connectivity index (χ3v) is 9.03. The second kappa shape index (κ2) is 10.7. The van der Waals surface area contributed by atoms with E-state index in [9.17, 15) is 13.2 Å². The molecule has 2 heterocycles. The number of piperidine rings is 1. The topological polar surface area (TPSA) is 60.9 Å². The molecule has 1 amide bonds. The summed E-state index contributed by atoms with van der Waals surface area (Å²) < 4.78 is 27.3. The molecule has 0 radical (unpaired) electrons. The summed E-state index contributed by atoms with van der Waals surface area (Å²) in [5.74, 6) is -0.199. The lowest BCUT2D eigenvalue weighted by Crippen LogP contribution is -2.51. The van der Waals surface area contributed by atoms with E-state index in [4.69, 9.17) is 23.2 Å². The Morgan fingerprint density at radius 3 is 2.06 bits per heavy atom. The van der Waals surface area contributed by atoms with Gasteiger partial charge in [0.1, 0.15) is 0 Å². The zero-order valence-electron chi connectivity index (χ0n) is 18.5. The third kappa shape index (κ3) is 6.08. The zero-order valence-corrected chi connectivity index (χ0v) is 20.8. The number of hydrogen-bond acceptors (Lipinski definition) is 4. The number of sulfonamides is 1. The average molecular weight is 510 g/mol. The van der Waals surface area contributed by atoms with Gasteiger partial charge in [-0.2, -0.15) is 0 Å². The van der Waals surface area contributed by atoms with Crippen LogP contribution in [0.5, 0.6) is 0 Å². The molecular formula is C24H29Cl2N3O3S. The van der Waals surface area contributed by atoms with E-state index in [0.29, 0.717) is 41.5 Å². The smallest absolute Gasteiger partial charge is 0.225 e. The molecule has 0 bridgehead atoms. The maximum Gasteiger partial charge on any atom is 0.225 e. The van der Waals surface area contributed by atoms with Gasteiger partial charge in [0.05, 0.1) is 5.75 Å². The lowest BCUT2D eigenvalue weighted by Gasteiger charge is -2.38. The summed E-state index contributed by atoms with van der Waals surface area (Å²) >= 11 is 12.3. The summed E-state index contributed by atoms with van der Waals surface area (Å²) in [5, 5.41) is 0.699. The van der Waals surface area contributed by atoms with Gasteiger partial charge in [0.25, 0.3) is 0 Å². The van der Waals surface area contributed by atoms with Gasteiger partial charge in [-0.1, -0.05) is 59.6 Å². The van der Waals surface area contributed by atoms with Gasteiger partial charge in [-0.25, -0.2) is 12.7 Å². The third-order valence-electron chi connectivity index (χ3n) is 6.52. The molecule has 0 spiro atoms. The van der Waals surface area contributed by atoms with Crippen molar-refractivity contribution in [1.82, 2.24) is 14.1 Å². The predicted octanol–water partition coefficient (Wildman–Crippen LogP) is 3.88. The molecule has 2 saturated heterocycles. The van der Waals surface area contributed by atoms with Crippen molar-refractivity contribution in [3.8, 4) is 0 Å². The maximum atomic E-state index is 13.1. The lowest BCUT2D eigenvalue weighted by atomic mass is 9.96. The molecule has 0 unspecified atom stereocenters. The van der Waals surface area contributed by atoms with Crippen LogP contribution in [-0.2, 0) is 27.1 Å². The van der Waals surface area contributed by atoms with Gasteiger partial charge in [0.2, 0.25) is 15.9 Å². The van der Waals surface area contributed by atoms with Crippen LogP contribution in [0.2, 0.25) is 10.0 Å². The van der Waals surface area contributed by atoms with Gasteiger partial charge in [-0.3, -0.25) is 9.69 Å². The predicted molar refractivity (Wildman–Crippen MR) is 132 cm³/mol. The molecule has 2 aliphatic rings. The Kier molecular flexibility index (Phi) is 7.97. The average Bonchev–Trinajstić information content (AvgIpc) is 2.82. The van der Waals surface area contributed by atoms with Crippen LogP contribution in [0.25, 0.3) is 0 Å². The Labute approximate surface area is 206 Å². The van der Waals surface area contributed by atoms with Crippen molar-refractivity contribution in [2.75, 3.05) is 39.3 Å². The number of nitrogens with zero attached hydrogens (tertiary/aromatic N) is 3. The van der Waals surface area contributed by atoms with Crippen molar-refractivity contribution in [2.24, 2.45) is 5.92 Å². The number of amides is 1. The number of hydrogen-bond donors (Lipinski definition) is 0. The quantitative estimate of drug-likeness (QED) is 0.592. The summed E-state index contributed by atoms with van der Waals surface area (Å²) in [6.45, 7) is 4.72. The molecule has 2 aromatic rings. The molecule has 0 atom stereocenters. The van der Waals surface area contributed by atoms with Crippen LogP contribution in [0.15, 0.2) is 48.5 Å². The van der Waals surface area contributed by atoms with E-state index in [2.05, 4.69) is 17.0 Å². The first kappa shape index (κ1) is 24.5. The van der Waals surface area contributed by atoms with Crippen LogP contribution in [0, 0.1) is 5.92 Å². The van der Waals surface area contributed by atoms with Crippen LogP contribution < -0.4 is 0 Å². The molecule has 0 saturated carbocycles. The summed E-state index contributed by atoms with van der Waals surface area (Å²) in [6.07, 6.45) is 1.08. The normalized spacial score (nSPS) is 19.0. The summed E-state index contributed by atoms with van der Waals surface area (Å²) in [4.78, 5) is 17.4. The van der Waals surface area contributed by atoms with E-state index in [1.807, 2.05) is 23.1 Å². The molecule has 4 rings (SSSR count). The largest absolute Gasteiger partial charge is 0.340 e. The number of carbonyl (C=O) groups excluding carboxylic acids is 1. The van der Waals surface area contributed by atoms with Crippen LogP contribution in [0.1, 0.15) is 24.0 Å². The first-order valence-corrected chi connectivity index (χ1v) is 13.7. The molecule has 9 heteroatoms. The van der Waals surface area contributed by atoms with Crippen molar-refractivity contribution in [1.29, 1.82) is 0 Å². The van der Waals surface area contributed by atoms with Gasteiger partial charge >= 0.3 is 0 Å². The number of piperazine rings is 1. The number of halogens is 2. The van der Waals surface area contributed by atoms with Gasteiger partial charge in [-0.05, 0) is 30.5 Å². The Bertz CT molecular complexity index is 1050. The van der Waals surface area contributed by atoms with E-state index >= 15 is 0 Å². The Hall–Kier alpha value is -1.64. The summed E-state index contributed by atoms with van der Waals surface area (Å²) in [7, 11) is -3.56. The standard InChI is InChI=1S/C24H29Cl2N3O3S/c25-22-7-4-8-23(26)21(22)18-33(31,32)29-11-9-20(10-12-29)24(30)28-15-13-27(14-16-28)17-19-5-2-1-3-6-19/h1-8,20H,9-18H2. The van der Waals surface area contributed by atoms with E-state index in [0.717, 1.165) is 32.7 Å². The van der Waals surface area contributed by atoms with Crippen molar-refractivity contribution < 1.29 is 13.2 Å². The van der Waals surface area contributed by atoms with Gasteiger partial charge in [0.15, 0.2) is 0 Å². The van der Waals surface area contributed by atoms with E-state index < -0.39 is 10.0 Å². The van der Waals surface area contributed by atoms with Crippen molar-refractivity contribution >= 4 is 39.1 Å². The molecule has 2 aromatic carbocycles. The SMILES string of the molecule is O=C(C1CCN(S(=O)(=O)Cc2c(Cl)cccc2Cl)CC1)N1CCN(Cc2ccccc2)CC1. The fourth-order valence-corrected chi connectivity index (χ4v) is 6.87. The van der Waals surface area contributed by atoms with Crippen molar-refractivity contribution in [3.05, 3.63) is 69.7 Å². The molecular weight excluding hydrogens is 481 g/mol. The Balaban J connectivity index is 1.27. The highest BCUT2D eigenvalue weighted by Gasteiger charge is 2.34. The second-order valence-electron chi connectivity index (χ2n) is 8.72. The Morgan fingerprint density at radius 2 is 1.45 bits per heavy atom. The van der Waals surface area contributed by atoms with Gasteiger partial charge < -0.3 is 4.90 Å². The molecule has 0 aliphatic carbocycles. The number of rotatable bonds is 6. The van der Waals surface area contributed by atoms with E-state index in [-0.39, 0.29) is 17.6 Å². The zero-order chi connectivity index (χ0) is 23.4. The summed E-state index contributed by atoms with van der Waals surface area (Å²) in [5.41, 5.74) is 1.70. The second-order valence-corrected chi connectivity index (χ2v) is 11.5. The molecule has 33 heavy (non-hydrogen) atoms. The van der Waals surface area contributed by atoms with Crippen LogP contribution in [0.4, 0.5) is 0 Å². The molecule has 0 aromatic heterocycles. The minimum Gasteiger partial charge on any atom is -0.340 e. The van der Waals surface area contributed by atoms with Crippen LogP contribution in [-0.4, -0.2) is 67.7 Å². The number of carbonyl (C=O) groups is 1. The summed E-state index contributed by atoms with van der Waals surface area (Å²) in [6, 6.07) is 15.3. The molecule has 0 N–H and O–H groups in total. The van der Waals surface area contributed by atoms with Crippen LogP contribution >= 0.6 is 23.2 Å². The lowest BCUT2D eigenvalue weighted by molar-refractivity contribution is -0.138. The molecule has 2 aliphatic heterocycles. The van der Waals surface area contributed by atoms with Gasteiger partial charge in [0, 0.05) is 67.3 Å². The fraction of sp³-hybridized carbons (Fsp3) is 0.458. The highest BCUT2D eigenvalue weighted by Crippen LogP contribution is 2.29. The minimum atomic E-state index is -3.56. The van der Waals surface area contributed by atoms with Crippen molar-refractivity contribution in [3.63, 3.8) is 0 Å². The molecule has 2 fully saturated rings. The highest BCUT2D eigenvalue weighted by atomic mass is 35.5. The van der Waals surface area contributed by atoms with Crippen LogP contribution in [0.3, 0.4) is 0 Å². The minimum absolute atomic E-state index is 0.124. The highest BCUT2D eigenvalue weighted by molar-refractivity contribution is 7.88. The first-order valence-electron chi connectivity index (χ1n) is 11.3. The Morgan fingerprint density at radius 1 is 0.848 bits per heavy atom.